The molecule has 0 amide bonds. The van der Waals surface area contributed by atoms with Gasteiger partial charge < -0.3 is 10.2 Å². The first-order chi connectivity index (χ1) is 8.00. The average Bonchev–Trinajstić information content (AvgIpc) is 2.09. The lowest BCUT2D eigenvalue weighted by molar-refractivity contribution is -0.0312. The lowest BCUT2D eigenvalue weighted by atomic mass is 9.73. The largest absolute Gasteiger partial charge is 0.392 e. The predicted molar refractivity (Wildman–Crippen MR) is 75.5 cm³/mol. The van der Waals surface area contributed by atoms with Gasteiger partial charge in [-0.1, -0.05) is 20.8 Å². The molecule has 3 nitrogen and oxygen atoms in total. The number of hydrogen-bond donors (Lipinski definition) is 2. The highest BCUT2D eigenvalue weighted by Crippen LogP contribution is 2.35. The minimum absolute atomic E-state index is 0.00344. The summed E-state index contributed by atoms with van der Waals surface area (Å²) in [4.78, 5) is 2.20. The molecule has 2 N–H and O–H groups in total. The summed E-state index contributed by atoms with van der Waals surface area (Å²) >= 11 is 0. The normalized spacial score (nSPS) is 33.0. The van der Waals surface area contributed by atoms with Crippen molar-refractivity contribution in [2.75, 3.05) is 13.1 Å². The third-order valence-corrected chi connectivity index (χ3v) is 4.15. The van der Waals surface area contributed by atoms with E-state index in [1.807, 2.05) is 0 Å². The number of β-amino-alcohol motifs (C(OH)–C–C–N with tert-alkyl or cyclic N) is 2. The minimum atomic E-state index is -0.291. The summed E-state index contributed by atoms with van der Waals surface area (Å²) in [5.74, 6) is 0.379. The molecule has 1 aliphatic rings. The van der Waals surface area contributed by atoms with Crippen LogP contribution in [0.25, 0.3) is 0 Å². The Bertz CT molecular complexity index is 225. The van der Waals surface area contributed by atoms with Crippen molar-refractivity contribution in [2.45, 2.75) is 72.1 Å². The highest BCUT2D eigenvalue weighted by Gasteiger charge is 2.35. The van der Waals surface area contributed by atoms with E-state index >= 15 is 0 Å². The fraction of sp³-hybridized carbons (Fsp3) is 1.00. The molecule has 2 atom stereocenters. The number of aliphatic hydroxyl groups excluding tert-OH is 2. The molecule has 0 aromatic heterocycles. The Morgan fingerprint density at radius 2 is 1.22 bits per heavy atom. The number of hydrogen-bond acceptors (Lipinski definition) is 3. The van der Waals surface area contributed by atoms with E-state index in [1.54, 1.807) is 0 Å². The second-order valence-electron chi connectivity index (χ2n) is 7.92. The van der Waals surface area contributed by atoms with Crippen LogP contribution in [0.1, 0.15) is 54.4 Å². The third kappa shape index (κ3) is 4.52. The molecule has 1 aliphatic heterocycles. The molecule has 1 heterocycles. The standard InChI is InChI=1S/C15H31NO2/c1-14(2,3)11-7-12(17)9-16(15(4,5)6)10-13(18)8-11/h11-13,17-18H,7-10H2,1-6H3. The van der Waals surface area contributed by atoms with Crippen molar-refractivity contribution in [1.29, 1.82) is 0 Å². The Hall–Kier alpha value is -0.120. The van der Waals surface area contributed by atoms with Crippen LogP contribution in [-0.4, -0.2) is 45.9 Å². The Labute approximate surface area is 112 Å². The monoisotopic (exact) mass is 257 g/mol. The van der Waals surface area contributed by atoms with E-state index in [-0.39, 0.29) is 23.2 Å². The van der Waals surface area contributed by atoms with Gasteiger partial charge in [-0.15, -0.1) is 0 Å². The number of likely N-dealkylation sites (tertiary alicyclic amines) is 1. The van der Waals surface area contributed by atoms with Crippen LogP contribution in [0.4, 0.5) is 0 Å². The van der Waals surface area contributed by atoms with E-state index in [2.05, 4.69) is 46.4 Å². The Kier molecular flexibility index (Phi) is 4.85. The summed E-state index contributed by atoms with van der Waals surface area (Å²) < 4.78 is 0. The number of aliphatic hydroxyl groups is 2. The molecule has 0 aromatic carbocycles. The first kappa shape index (κ1) is 15.9. The maximum Gasteiger partial charge on any atom is 0.0670 e. The summed E-state index contributed by atoms with van der Waals surface area (Å²) in [5.41, 5.74) is 0.141. The molecule has 2 unspecified atom stereocenters. The van der Waals surface area contributed by atoms with Crippen LogP contribution in [0.2, 0.25) is 0 Å². The van der Waals surface area contributed by atoms with Gasteiger partial charge in [0.1, 0.15) is 0 Å². The minimum Gasteiger partial charge on any atom is -0.392 e. The van der Waals surface area contributed by atoms with Crippen LogP contribution in [0.3, 0.4) is 0 Å². The Morgan fingerprint density at radius 3 is 1.50 bits per heavy atom. The molecule has 0 saturated carbocycles. The molecule has 18 heavy (non-hydrogen) atoms. The van der Waals surface area contributed by atoms with Crippen LogP contribution in [0.15, 0.2) is 0 Å². The van der Waals surface area contributed by atoms with Crippen LogP contribution >= 0.6 is 0 Å². The Morgan fingerprint density at radius 1 is 0.833 bits per heavy atom. The summed E-state index contributed by atoms with van der Waals surface area (Å²) in [6.07, 6.45) is 0.988. The lowest BCUT2D eigenvalue weighted by Gasteiger charge is -2.43. The van der Waals surface area contributed by atoms with E-state index in [1.165, 1.54) is 0 Å². The molecular weight excluding hydrogens is 226 g/mol. The smallest absolute Gasteiger partial charge is 0.0670 e. The molecule has 1 saturated heterocycles. The van der Waals surface area contributed by atoms with Gasteiger partial charge in [-0.05, 0) is 44.9 Å². The van der Waals surface area contributed by atoms with Crippen LogP contribution < -0.4 is 0 Å². The van der Waals surface area contributed by atoms with Gasteiger partial charge in [-0.2, -0.15) is 0 Å². The van der Waals surface area contributed by atoms with Gasteiger partial charge >= 0.3 is 0 Å². The van der Waals surface area contributed by atoms with Gasteiger partial charge in [0.05, 0.1) is 12.2 Å². The molecule has 0 spiro atoms. The highest BCUT2D eigenvalue weighted by atomic mass is 16.3. The number of rotatable bonds is 0. The predicted octanol–water partition coefficient (Wildman–Crippen LogP) is 2.26. The van der Waals surface area contributed by atoms with Gasteiger partial charge in [0.15, 0.2) is 0 Å². The fourth-order valence-electron chi connectivity index (χ4n) is 2.74. The first-order valence-corrected chi connectivity index (χ1v) is 7.11. The molecule has 1 rings (SSSR count). The zero-order valence-electron chi connectivity index (χ0n) is 12.9. The zero-order valence-corrected chi connectivity index (χ0v) is 12.9. The van der Waals surface area contributed by atoms with Crippen LogP contribution in [-0.2, 0) is 0 Å². The molecule has 0 aliphatic carbocycles. The zero-order chi connectivity index (χ0) is 14.1. The molecule has 1 fully saturated rings. The van der Waals surface area contributed by atoms with Gasteiger partial charge in [0.2, 0.25) is 0 Å². The van der Waals surface area contributed by atoms with E-state index in [0.29, 0.717) is 19.0 Å². The van der Waals surface area contributed by atoms with Crippen molar-refractivity contribution in [3.63, 3.8) is 0 Å². The van der Waals surface area contributed by atoms with Crippen molar-refractivity contribution in [1.82, 2.24) is 4.90 Å². The Balaban J connectivity index is 2.78. The maximum absolute atomic E-state index is 10.2. The van der Waals surface area contributed by atoms with Gasteiger partial charge in [-0.3, -0.25) is 4.90 Å². The quantitative estimate of drug-likeness (QED) is 0.699. The van der Waals surface area contributed by atoms with E-state index in [9.17, 15) is 10.2 Å². The summed E-state index contributed by atoms with van der Waals surface area (Å²) in [6, 6.07) is 0. The fourth-order valence-corrected chi connectivity index (χ4v) is 2.74. The number of nitrogens with zero attached hydrogens (tertiary/aromatic N) is 1. The average molecular weight is 257 g/mol. The molecular formula is C15H31NO2. The van der Waals surface area contributed by atoms with E-state index in [4.69, 9.17) is 0 Å². The van der Waals surface area contributed by atoms with Crippen molar-refractivity contribution < 1.29 is 10.2 Å². The second-order valence-corrected chi connectivity index (χ2v) is 7.92. The molecule has 3 heteroatoms. The molecule has 0 radical (unpaired) electrons. The summed E-state index contributed by atoms with van der Waals surface area (Å²) in [5, 5.41) is 20.5. The molecule has 108 valence electrons. The summed E-state index contributed by atoms with van der Waals surface area (Å²) in [7, 11) is 0. The van der Waals surface area contributed by atoms with Crippen LogP contribution in [0.5, 0.6) is 0 Å². The van der Waals surface area contributed by atoms with Gasteiger partial charge in [0.25, 0.3) is 0 Å². The SMILES string of the molecule is CC(C)(C)C1CC(O)CN(C(C)(C)C)CC(O)C1. The molecule has 0 aromatic rings. The highest BCUT2D eigenvalue weighted by molar-refractivity contribution is 4.88. The topological polar surface area (TPSA) is 43.7 Å². The van der Waals surface area contributed by atoms with E-state index in [0.717, 1.165) is 12.8 Å². The van der Waals surface area contributed by atoms with Crippen LogP contribution in [0, 0.1) is 11.3 Å². The van der Waals surface area contributed by atoms with Crippen molar-refractivity contribution >= 4 is 0 Å². The van der Waals surface area contributed by atoms with Crippen molar-refractivity contribution in [3.8, 4) is 0 Å². The lowest BCUT2D eigenvalue weighted by Crippen LogP contribution is -2.51. The van der Waals surface area contributed by atoms with Gasteiger partial charge in [-0.25, -0.2) is 0 Å². The summed E-state index contributed by atoms with van der Waals surface area (Å²) in [6.45, 7) is 14.3. The van der Waals surface area contributed by atoms with Gasteiger partial charge in [0, 0.05) is 18.6 Å². The van der Waals surface area contributed by atoms with Crippen molar-refractivity contribution in [3.05, 3.63) is 0 Å². The van der Waals surface area contributed by atoms with Crippen molar-refractivity contribution in [2.24, 2.45) is 11.3 Å². The molecule has 0 bridgehead atoms. The van der Waals surface area contributed by atoms with E-state index < -0.39 is 0 Å². The second kappa shape index (κ2) is 5.48. The maximum atomic E-state index is 10.2. The third-order valence-electron chi connectivity index (χ3n) is 4.15. The first-order valence-electron chi connectivity index (χ1n) is 7.11.